The lowest BCUT2D eigenvalue weighted by atomic mass is 10.1. The molecule has 2 aromatic carbocycles. The Morgan fingerprint density at radius 1 is 1.17 bits per heavy atom. The van der Waals surface area contributed by atoms with Crippen molar-refractivity contribution < 1.29 is 9.53 Å². The molecule has 4 N–H and O–H groups in total. The van der Waals surface area contributed by atoms with Crippen molar-refractivity contribution in [3.8, 4) is 0 Å². The molecule has 0 bridgehead atoms. The van der Waals surface area contributed by atoms with E-state index in [9.17, 15) is 14.4 Å². The number of nitrogens with one attached hydrogen (secondary N) is 2. The van der Waals surface area contributed by atoms with Gasteiger partial charge in [-0.05, 0) is 36.6 Å². The molecule has 0 saturated heterocycles. The number of nitrogen functional groups attached to an aromatic ring is 1. The van der Waals surface area contributed by atoms with Gasteiger partial charge in [0.2, 0.25) is 5.91 Å². The zero-order valence-corrected chi connectivity index (χ0v) is 20.5. The van der Waals surface area contributed by atoms with Gasteiger partial charge in [-0.1, -0.05) is 54.1 Å². The molecule has 1 aromatic heterocycles. The van der Waals surface area contributed by atoms with Crippen molar-refractivity contribution in [1.29, 1.82) is 0 Å². The van der Waals surface area contributed by atoms with Gasteiger partial charge in [0.15, 0.2) is 0 Å². The maximum Gasteiger partial charge on any atom is 0.330 e. The van der Waals surface area contributed by atoms with Crippen LogP contribution in [-0.2, 0) is 16.1 Å². The van der Waals surface area contributed by atoms with E-state index < -0.39 is 11.2 Å². The summed E-state index contributed by atoms with van der Waals surface area (Å²) in [4.78, 5) is 42.2. The third kappa shape index (κ3) is 6.97. The molecule has 0 aliphatic rings. The van der Waals surface area contributed by atoms with E-state index in [0.717, 1.165) is 11.1 Å². The predicted octanol–water partition coefficient (Wildman–Crippen LogP) is 2.54. The smallest absolute Gasteiger partial charge is 0.330 e. The van der Waals surface area contributed by atoms with Crippen LogP contribution in [0.5, 0.6) is 0 Å². The van der Waals surface area contributed by atoms with Crippen molar-refractivity contribution in [2.45, 2.75) is 25.9 Å². The van der Waals surface area contributed by atoms with Crippen LogP contribution in [0.25, 0.3) is 0 Å². The van der Waals surface area contributed by atoms with Gasteiger partial charge >= 0.3 is 5.69 Å². The van der Waals surface area contributed by atoms with Crippen LogP contribution in [0.15, 0.2) is 64.2 Å². The van der Waals surface area contributed by atoms with Gasteiger partial charge in [0.25, 0.3) is 5.56 Å². The van der Waals surface area contributed by atoms with Gasteiger partial charge < -0.3 is 20.7 Å². The molecule has 0 spiro atoms. The molecule has 3 aromatic rings. The van der Waals surface area contributed by atoms with E-state index in [1.165, 1.54) is 4.57 Å². The minimum atomic E-state index is -0.646. The monoisotopic (exact) mass is 499 g/mol. The van der Waals surface area contributed by atoms with E-state index in [-0.39, 0.29) is 36.5 Å². The Bertz CT molecular complexity index is 1240. The Morgan fingerprint density at radius 3 is 2.51 bits per heavy atom. The van der Waals surface area contributed by atoms with Gasteiger partial charge in [-0.3, -0.25) is 19.1 Å². The number of aromatic amines is 1. The molecule has 186 valence electrons. The molecule has 1 atom stereocenters. The van der Waals surface area contributed by atoms with Crippen molar-refractivity contribution in [3.63, 3.8) is 0 Å². The lowest BCUT2D eigenvalue weighted by Gasteiger charge is -2.26. The second kappa shape index (κ2) is 12.2. The van der Waals surface area contributed by atoms with Crippen LogP contribution in [0.4, 0.5) is 11.5 Å². The van der Waals surface area contributed by atoms with Crippen molar-refractivity contribution in [3.05, 3.63) is 91.6 Å². The number of nitrogens with two attached hydrogens (primary N) is 1. The summed E-state index contributed by atoms with van der Waals surface area (Å²) in [5.41, 5.74) is 6.90. The summed E-state index contributed by atoms with van der Waals surface area (Å²) in [5.74, 6) is -0.303. The SMILES string of the molecule is COCCCN(CC(=O)NC(C)c1ccc(Cl)cc1)c1c(N)n(Cc2ccccc2)c(=O)[nH]c1=O. The first-order valence-corrected chi connectivity index (χ1v) is 11.6. The number of ether oxygens (including phenoxy) is 1. The average molecular weight is 500 g/mol. The zero-order chi connectivity index (χ0) is 25.4. The number of rotatable bonds is 11. The summed E-state index contributed by atoms with van der Waals surface area (Å²) in [6.07, 6.45) is 0.549. The van der Waals surface area contributed by atoms with E-state index in [0.29, 0.717) is 24.6 Å². The molecule has 35 heavy (non-hydrogen) atoms. The van der Waals surface area contributed by atoms with Crippen LogP contribution in [0.2, 0.25) is 5.02 Å². The maximum atomic E-state index is 12.9. The predicted molar refractivity (Wildman–Crippen MR) is 138 cm³/mol. The van der Waals surface area contributed by atoms with E-state index in [1.54, 1.807) is 24.1 Å². The van der Waals surface area contributed by atoms with Gasteiger partial charge in [-0.2, -0.15) is 0 Å². The molecular formula is C25H30ClN5O4. The average Bonchev–Trinajstić information content (AvgIpc) is 2.82. The van der Waals surface area contributed by atoms with E-state index >= 15 is 0 Å². The number of carbonyl (C=O) groups is 1. The Morgan fingerprint density at radius 2 is 1.86 bits per heavy atom. The molecule has 3 rings (SSSR count). The maximum absolute atomic E-state index is 12.9. The highest BCUT2D eigenvalue weighted by Gasteiger charge is 2.22. The number of hydrogen-bond donors (Lipinski definition) is 3. The summed E-state index contributed by atoms with van der Waals surface area (Å²) >= 11 is 5.95. The van der Waals surface area contributed by atoms with Crippen LogP contribution in [0.3, 0.4) is 0 Å². The Kier molecular flexibility index (Phi) is 9.11. The lowest BCUT2D eigenvalue weighted by Crippen LogP contribution is -2.44. The molecule has 1 amide bonds. The summed E-state index contributed by atoms with van der Waals surface area (Å²) in [5, 5.41) is 3.54. The first-order chi connectivity index (χ1) is 16.8. The lowest BCUT2D eigenvalue weighted by molar-refractivity contribution is -0.120. The number of aromatic nitrogens is 2. The molecule has 1 unspecified atom stereocenters. The van der Waals surface area contributed by atoms with Crippen molar-refractivity contribution >= 4 is 29.0 Å². The van der Waals surface area contributed by atoms with Gasteiger partial charge in [0, 0.05) is 25.3 Å². The van der Waals surface area contributed by atoms with E-state index in [4.69, 9.17) is 22.1 Å². The number of benzene rings is 2. The zero-order valence-electron chi connectivity index (χ0n) is 19.8. The van der Waals surface area contributed by atoms with Crippen molar-refractivity contribution in [2.75, 3.05) is 37.4 Å². The minimum Gasteiger partial charge on any atom is -0.385 e. The third-order valence-corrected chi connectivity index (χ3v) is 5.82. The number of nitrogens with zero attached hydrogens (tertiary/aromatic N) is 2. The Labute approximate surface area is 208 Å². The van der Waals surface area contributed by atoms with Crippen LogP contribution in [-0.4, -0.2) is 42.3 Å². The fourth-order valence-corrected chi connectivity index (χ4v) is 3.90. The highest BCUT2D eigenvalue weighted by Crippen LogP contribution is 2.19. The van der Waals surface area contributed by atoms with Gasteiger partial charge in [-0.25, -0.2) is 4.79 Å². The number of halogens is 1. The minimum absolute atomic E-state index is 0.00132. The largest absolute Gasteiger partial charge is 0.385 e. The van der Waals surface area contributed by atoms with Crippen LogP contribution >= 0.6 is 11.6 Å². The first kappa shape index (κ1) is 26.1. The molecule has 10 heteroatoms. The number of methoxy groups -OCH3 is 1. The van der Waals surface area contributed by atoms with E-state index in [1.807, 2.05) is 49.4 Å². The van der Waals surface area contributed by atoms with E-state index in [2.05, 4.69) is 10.3 Å². The summed E-state index contributed by atoms with van der Waals surface area (Å²) in [6.45, 7) is 2.67. The van der Waals surface area contributed by atoms with Gasteiger partial charge in [0.1, 0.15) is 11.5 Å². The Hall–Kier alpha value is -3.56. The normalized spacial score (nSPS) is 11.7. The third-order valence-electron chi connectivity index (χ3n) is 5.57. The molecule has 0 fully saturated rings. The van der Waals surface area contributed by atoms with Crippen molar-refractivity contribution in [1.82, 2.24) is 14.9 Å². The standard InChI is InChI=1S/C25H30ClN5O4/c1-17(19-9-11-20(26)12-10-19)28-21(32)16-30(13-6-14-35-2)22-23(27)31(25(34)29-24(22)33)15-18-7-4-3-5-8-18/h3-5,7-12,17H,6,13-16,27H2,1-2H3,(H,28,32)(H,29,33,34). The molecular weight excluding hydrogens is 470 g/mol. The van der Waals surface area contributed by atoms with Crippen molar-refractivity contribution in [2.24, 2.45) is 0 Å². The fourth-order valence-electron chi connectivity index (χ4n) is 3.77. The van der Waals surface area contributed by atoms with Crippen LogP contribution in [0.1, 0.15) is 30.5 Å². The summed E-state index contributed by atoms with van der Waals surface area (Å²) < 4.78 is 6.43. The first-order valence-electron chi connectivity index (χ1n) is 11.3. The second-order valence-electron chi connectivity index (χ2n) is 8.17. The number of amides is 1. The Balaban J connectivity index is 1.87. The molecule has 0 radical (unpaired) electrons. The number of hydrogen-bond acceptors (Lipinski definition) is 6. The van der Waals surface area contributed by atoms with Gasteiger partial charge in [0.05, 0.1) is 19.1 Å². The second-order valence-corrected chi connectivity index (χ2v) is 8.61. The number of anilines is 2. The highest BCUT2D eigenvalue weighted by atomic mass is 35.5. The van der Waals surface area contributed by atoms with Crippen LogP contribution in [0, 0.1) is 0 Å². The number of carbonyl (C=O) groups excluding carboxylic acids is 1. The highest BCUT2D eigenvalue weighted by molar-refractivity contribution is 6.30. The fraction of sp³-hybridized carbons (Fsp3) is 0.320. The molecule has 1 heterocycles. The quantitative estimate of drug-likeness (QED) is 0.348. The molecule has 0 saturated carbocycles. The van der Waals surface area contributed by atoms with Crippen LogP contribution < -0.4 is 27.2 Å². The summed E-state index contributed by atoms with van der Waals surface area (Å²) in [7, 11) is 1.58. The van der Waals surface area contributed by atoms with Gasteiger partial charge in [-0.15, -0.1) is 0 Å². The number of H-pyrrole nitrogens is 1. The molecule has 0 aliphatic heterocycles. The molecule has 0 aliphatic carbocycles. The molecule has 9 nitrogen and oxygen atoms in total. The summed E-state index contributed by atoms with van der Waals surface area (Å²) in [6, 6.07) is 16.2. The topological polar surface area (TPSA) is 122 Å².